The number of thiocarbonyl (C=S) groups is 1. The lowest BCUT2D eigenvalue weighted by Gasteiger charge is -2.28. The highest BCUT2D eigenvalue weighted by Gasteiger charge is 2.42. The number of hydrogen-bond donors (Lipinski definition) is 1. The van der Waals surface area contributed by atoms with E-state index in [1.807, 2.05) is 42.6 Å². The van der Waals surface area contributed by atoms with E-state index in [9.17, 15) is 0 Å². The predicted octanol–water partition coefficient (Wildman–Crippen LogP) is 6.91. The number of aryl methyl sites for hydroxylation is 2. The van der Waals surface area contributed by atoms with Crippen molar-refractivity contribution in [3.05, 3.63) is 106 Å². The van der Waals surface area contributed by atoms with Crippen molar-refractivity contribution in [2.24, 2.45) is 0 Å². The van der Waals surface area contributed by atoms with Crippen LogP contribution >= 0.6 is 23.8 Å². The fourth-order valence-electron chi connectivity index (χ4n) is 5.31. The quantitative estimate of drug-likeness (QED) is 0.177. The van der Waals surface area contributed by atoms with Crippen molar-refractivity contribution in [1.29, 1.82) is 0 Å². The second-order valence-electron chi connectivity index (χ2n) is 9.63. The zero-order valence-electron chi connectivity index (χ0n) is 22.6. The first-order valence-corrected chi connectivity index (χ1v) is 13.9. The molecule has 0 amide bonds. The number of rotatable bonds is 9. The van der Waals surface area contributed by atoms with Crippen LogP contribution in [0.2, 0.25) is 5.02 Å². The molecule has 5 rings (SSSR count). The van der Waals surface area contributed by atoms with Gasteiger partial charge in [0, 0.05) is 36.1 Å². The van der Waals surface area contributed by atoms with Crippen LogP contribution in [0, 0.1) is 13.8 Å². The molecule has 39 heavy (non-hydrogen) atoms. The zero-order valence-corrected chi connectivity index (χ0v) is 24.2. The summed E-state index contributed by atoms with van der Waals surface area (Å²) in [6.45, 7) is 7.41. The number of benzene rings is 2. The second-order valence-corrected chi connectivity index (χ2v) is 10.4. The average molecular weight is 561 g/mol. The number of nitrogens with zero attached hydrogens (tertiary/aromatic N) is 3. The van der Waals surface area contributed by atoms with Crippen LogP contribution in [-0.4, -0.2) is 35.0 Å². The van der Waals surface area contributed by atoms with Gasteiger partial charge in [0.05, 0.1) is 29.4 Å². The summed E-state index contributed by atoms with van der Waals surface area (Å²) in [6.07, 6.45) is 2.83. The lowest BCUT2D eigenvalue weighted by Crippen LogP contribution is -2.29. The van der Waals surface area contributed by atoms with Crippen molar-refractivity contribution in [3.8, 4) is 11.4 Å². The highest BCUT2D eigenvalue weighted by Crippen LogP contribution is 2.45. The molecule has 0 spiro atoms. The standard InChI is InChI=1S/C31H33ClN4O2S/c1-5-22-9-11-23(12-10-22)35-20(2)18-25(21(35)3)30-29(27-8-6-7-15-33-27)34-31(39)36(30)24-13-14-28(26(32)19-24)38-17-16-37-4/h6-15,18-19,29-30H,5,16-17H2,1-4H3,(H,34,39)/t29-,30-/m0/s1. The van der Waals surface area contributed by atoms with Gasteiger partial charge in [0.1, 0.15) is 12.4 Å². The Bertz CT molecular complexity index is 1460. The summed E-state index contributed by atoms with van der Waals surface area (Å²) < 4.78 is 13.2. The molecular weight excluding hydrogens is 528 g/mol. The molecular formula is C31H33ClN4O2S. The molecule has 0 radical (unpaired) electrons. The maximum atomic E-state index is 6.67. The van der Waals surface area contributed by atoms with Crippen molar-refractivity contribution in [1.82, 2.24) is 14.9 Å². The Morgan fingerprint density at radius 3 is 2.44 bits per heavy atom. The van der Waals surface area contributed by atoms with E-state index in [1.54, 1.807) is 7.11 Å². The summed E-state index contributed by atoms with van der Waals surface area (Å²) >= 11 is 12.6. The summed E-state index contributed by atoms with van der Waals surface area (Å²) in [5.41, 5.74) is 7.76. The number of nitrogens with one attached hydrogen (secondary N) is 1. The number of pyridine rings is 1. The van der Waals surface area contributed by atoms with Gasteiger partial charge in [-0.25, -0.2) is 0 Å². The van der Waals surface area contributed by atoms with Crippen LogP contribution in [0.4, 0.5) is 5.69 Å². The van der Waals surface area contributed by atoms with Crippen LogP contribution in [0.1, 0.15) is 47.2 Å². The Morgan fingerprint density at radius 1 is 1.00 bits per heavy atom. The fourth-order valence-corrected chi connectivity index (χ4v) is 5.88. The molecule has 0 bridgehead atoms. The highest BCUT2D eigenvalue weighted by atomic mass is 35.5. The van der Waals surface area contributed by atoms with Gasteiger partial charge in [-0.05, 0) is 92.1 Å². The SMILES string of the molecule is CCc1ccc(-n2c(C)cc([C@H]3[C@H](c4ccccn4)NC(=S)N3c3ccc(OCCOC)c(Cl)c3)c2C)cc1. The third kappa shape index (κ3) is 5.39. The minimum Gasteiger partial charge on any atom is -0.490 e. The topological polar surface area (TPSA) is 51.6 Å². The van der Waals surface area contributed by atoms with Gasteiger partial charge in [0.15, 0.2) is 5.11 Å². The van der Waals surface area contributed by atoms with E-state index in [0.29, 0.717) is 29.1 Å². The Hall–Kier alpha value is -3.39. The predicted molar refractivity (Wildman–Crippen MR) is 161 cm³/mol. The van der Waals surface area contributed by atoms with E-state index in [2.05, 4.69) is 65.9 Å². The average Bonchev–Trinajstić information content (AvgIpc) is 3.45. The molecule has 1 aliphatic heterocycles. The normalized spacial score (nSPS) is 16.9. The summed E-state index contributed by atoms with van der Waals surface area (Å²) in [5, 5.41) is 4.69. The highest BCUT2D eigenvalue weighted by molar-refractivity contribution is 7.80. The van der Waals surface area contributed by atoms with Crippen molar-refractivity contribution in [3.63, 3.8) is 0 Å². The smallest absolute Gasteiger partial charge is 0.174 e. The maximum absolute atomic E-state index is 6.67. The van der Waals surface area contributed by atoms with E-state index in [1.165, 1.54) is 11.1 Å². The van der Waals surface area contributed by atoms with E-state index in [-0.39, 0.29) is 12.1 Å². The van der Waals surface area contributed by atoms with E-state index >= 15 is 0 Å². The molecule has 0 saturated carbocycles. The van der Waals surface area contributed by atoms with Crippen molar-refractivity contribution >= 4 is 34.6 Å². The van der Waals surface area contributed by atoms with Gasteiger partial charge in [-0.15, -0.1) is 0 Å². The third-order valence-corrected chi connectivity index (χ3v) is 7.84. The van der Waals surface area contributed by atoms with Gasteiger partial charge in [0.25, 0.3) is 0 Å². The Labute approximate surface area is 240 Å². The molecule has 2 aromatic carbocycles. The van der Waals surface area contributed by atoms with Crippen LogP contribution in [-0.2, 0) is 11.2 Å². The molecule has 1 saturated heterocycles. The fraction of sp³-hybridized carbons (Fsp3) is 0.290. The summed E-state index contributed by atoms with van der Waals surface area (Å²) in [7, 11) is 1.64. The Kier molecular flexibility index (Phi) is 8.21. The van der Waals surface area contributed by atoms with Crippen LogP contribution < -0.4 is 15.0 Å². The molecule has 8 heteroatoms. The Balaban J connectivity index is 1.59. The van der Waals surface area contributed by atoms with Gasteiger partial charge in [-0.3, -0.25) is 4.98 Å². The number of ether oxygens (including phenoxy) is 2. The van der Waals surface area contributed by atoms with Crippen LogP contribution in [0.5, 0.6) is 5.75 Å². The molecule has 0 aliphatic carbocycles. The molecule has 4 aromatic rings. The van der Waals surface area contributed by atoms with Crippen molar-refractivity contribution < 1.29 is 9.47 Å². The van der Waals surface area contributed by atoms with Crippen LogP contribution in [0.25, 0.3) is 5.69 Å². The van der Waals surface area contributed by atoms with Gasteiger partial charge >= 0.3 is 0 Å². The Morgan fingerprint density at radius 2 is 1.77 bits per heavy atom. The minimum atomic E-state index is -0.147. The van der Waals surface area contributed by atoms with Gasteiger partial charge in [0.2, 0.25) is 0 Å². The van der Waals surface area contributed by atoms with E-state index < -0.39 is 0 Å². The van der Waals surface area contributed by atoms with Crippen LogP contribution in [0.15, 0.2) is 72.9 Å². The summed E-state index contributed by atoms with van der Waals surface area (Å²) in [4.78, 5) is 6.84. The minimum absolute atomic E-state index is 0.140. The van der Waals surface area contributed by atoms with E-state index in [0.717, 1.165) is 34.9 Å². The first kappa shape index (κ1) is 27.2. The molecule has 202 valence electrons. The van der Waals surface area contributed by atoms with Gasteiger partial charge < -0.3 is 24.3 Å². The molecule has 1 N–H and O–H groups in total. The number of halogens is 1. The first-order valence-electron chi connectivity index (χ1n) is 13.1. The molecule has 3 heterocycles. The third-order valence-electron chi connectivity index (χ3n) is 7.23. The number of methoxy groups -OCH3 is 1. The monoisotopic (exact) mass is 560 g/mol. The zero-order chi connectivity index (χ0) is 27.5. The number of aromatic nitrogens is 2. The van der Waals surface area contributed by atoms with Crippen LogP contribution in [0.3, 0.4) is 0 Å². The first-order chi connectivity index (χ1) is 18.9. The number of hydrogen-bond acceptors (Lipinski definition) is 4. The summed E-state index contributed by atoms with van der Waals surface area (Å²) in [5.74, 6) is 0.613. The molecule has 6 nitrogen and oxygen atoms in total. The molecule has 1 fully saturated rings. The second kappa shape index (κ2) is 11.8. The number of anilines is 1. The molecule has 0 unspecified atom stereocenters. The molecule has 2 atom stereocenters. The maximum Gasteiger partial charge on any atom is 0.174 e. The molecule has 2 aromatic heterocycles. The van der Waals surface area contributed by atoms with E-state index in [4.69, 9.17) is 38.3 Å². The summed E-state index contributed by atoms with van der Waals surface area (Å²) in [6, 6.07) is 22.5. The van der Waals surface area contributed by atoms with Crippen molar-refractivity contribution in [2.75, 3.05) is 25.2 Å². The molecule has 1 aliphatic rings. The largest absolute Gasteiger partial charge is 0.490 e. The lowest BCUT2D eigenvalue weighted by atomic mass is 9.96. The van der Waals surface area contributed by atoms with Gasteiger partial charge in [-0.2, -0.15) is 0 Å². The van der Waals surface area contributed by atoms with Crippen molar-refractivity contribution in [2.45, 2.75) is 39.3 Å². The lowest BCUT2D eigenvalue weighted by molar-refractivity contribution is 0.146. The van der Waals surface area contributed by atoms with Gasteiger partial charge in [-0.1, -0.05) is 36.7 Å².